The van der Waals surface area contributed by atoms with Gasteiger partial charge in [0.05, 0.1) is 5.56 Å². The molecule has 0 aromatic carbocycles. The van der Waals surface area contributed by atoms with Crippen LogP contribution in [0.5, 0.6) is 5.88 Å². The van der Waals surface area contributed by atoms with Crippen molar-refractivity contribution in [3.05, 3.63) is 26.4 Å². The third-order valence-corrected chi connectivity index (χ3v) is 2.94. The highest BCUT2D eigenvalue weighted by Gasteiger charge is 2.20. The Bertz CT molecular complexity index is 497. The maximum absolute atomic E-state index is 11.6. The van der Waals surface area contributed by atoms with Gasteiger partial charge < -0.3 is 5.11 Å². The van der Waals surface area contributed by atoms with Gasteiger partial charge in [0.1, 0.15) is 0 Å². The first-order valence-electron chi connectivity index (χ1n) is 5.31. The number of hydrogen-bond acceptors (Lipinski definition) is 3. The normalized spacial score (nSPS) is 11.8. The molecule has 1 rings (SSSR count). The van der Waals surface area contributed by atoms with Crippen LogP contribution in [0.2, 0.25) is 0 Å². The van der Waals surface area contributed by atoms with Crippen molar-refractivity contribution in [2.45, 2.75) is 40.7 Å². The minimum atomic E-state index is -0.561. The molecule has 0 aliphatic rings. The maximum Gasteiger partial charge on any atom is 0.331 e. The topological polar surface area (TPSA) is 75.1 Å². The maximum atomic E-state index is 11.6. The van der Waals surface area contributed by atoms with E-state index in [0.717, 1.165) is 6.42 Å². The molecule has 0 aliphatic heterocycles. The average molecular weight is 226 g/mol. The number of aromatic amines is 1. The number of aromatic nitrogens is 2. The summed E-state index contributed by atoms with van der Waals surface area (Å²) in [5, 5.41) is 9.76. The summed E-state index contributed by atoms with van der Waals surface area (Å²) in [6, 6.07) is 0. The molecule has 5 nitrogen and oxygen atoms in total. The van der Waals surface area contributed by atoms with Crippen molar-refractivity contribution in [1.29, 1.82) is 0 Å². The molecule has 0 saturated heterocycles. The smallest absolute Gasteiger partial charge is 0.331 e. The van der Waals surface area contributed by atoms with E-state index in [-0.39, 0.29) is 16.9 Å². The molecule has 16 heavy (non-hydrogen) atoms. The molecule has 0 fully saturated rings. The Balaban J connectivity index is 3.31. The van der Waals surface area contributed by atoms with E-state index in [4.69, 9.17) is 0 Å². The summed E-state index contributed by atoms with van der Waals surface area (Å²) >= 11 is 0. The molecular weight excluding hydrogens is 208 g/mol. The van der Waals surface area contributed by atoms with Gasteiger partial charge in [-0.05, 0) is 18.8 Å². The highest BCUT2D eigenvalue weighted by molar-refractivity contribution is 5.20. The Morgan fingerprint density at radius 2 is 1.94 bits per heavy atom. The molecule has 0 unspecified atom stereocenters. The van der Waals surface area contributed by atoms with Crippen molar-refractivity contribution in [3.63, 3.8) is 0 Å². The van der Waals surface area contributed by atoms with Crippen LogP contribution in [-0.4, -0.2) is 14.7 Å². The lowest BCUT2D eigenvalue weighted by Crippen LogP contribution is -2.35. The van der Waals surface area contributed by atoms with Crippen molar-refractivity contribution >= 4 is 0 Å². The summed E-state index contributed by atoms with van der Waals surface area (Å²) in [5.74, 6) is -0.240. The molecule has 0 saturated carbocycles. The lowest BCUT2D eigenvalue weighted by Gasteiger charge is -2.24. The lowest BCUT2D eigenvalue weighted by atomic mass is 9.90. The zero-order valence-electron chi connectivity index (χ0n) is 10.1. The Kier molecular flexibility index (Phi) is 3.26. The number of hydrogen-bond donors (Lipinski definition) is 2. The van der Waals surface area contributed by atoms with E-state index in [9.17, 15) is 14.7 Å². The van der Waals surface area contributed by atoms with Crippen molar-refractivity contribution in [2.24, 2.45) is 5.41 Å². The monoisotopic (exact) mass is 226 g/mol. The van der Waals surface area contributed by atoms with Crippen molar-refractivity contribution in [3.8, 4) is 5.88 Å². The first-order valence-corrected chi connectivity index (χ1v) is 5.31. The van der Waals surface area contributed by atoms with Crippen molar-refractivity contribution < 1.29 is 5.11 Å². The van der Waals surface area contributed by atoms with Crippen LogP contribution in [-0.2, 0) is 6.54 Å². The fraction of sp³-hybridized carbons (Fsp3) is 0.636. The predicted octanol–water partition coefficient (Wildman–Crippen LogP) is 0.987. The van der Waals surface area contributed by atoms with Gasteiger partial charge in [-0.25, -0.2) is 4.79 Å². The quantitative estimate of drug-likeness (QED) is 0.807. The molecule has 90 valence electrons. The molecule has 0 atom stereocenters. The van der Waals surface area contributed by atoms with Gasteiger partial charge in [-0.3, -0.25) is 14.3 Å². The summed E-state index contributed by atoms with van der Waals surface area (Å²) in [4.78, 5) is 25.0. The molecule has 0 aliphatic carbocycles. The van der Waals surface area contributed by atoms with E-state index in [1.54, 1.807) is 0 Å². The number of aromatic hydroxyl groups is 1. The van der Waals surface area contributed by atoms with Crippen LogP contribution in [0, 0.1) is 12.3 Å². The summed E-state index contributed by atoms with van der Waals surface area (Å²) < 4.78 is 1.21. The molecular formula is C11H18N2O3. The predicted molar refractivity (Wildman–Crippen MR) is 61.8 cm³/mol. The standard InChI is InChI=1S/C11H18N2O3/c1-5-11(3,4)6-13-9(15)7(2)8(14)12-10(13)16/h15H,5-6H2,1-4H3,(H,12,14,16). The number of nitrogens with one attached hydrogen (secondary N) is 1. The van der Waals surface area contributed by atoms with Gasteiger partial charge in [-0.1, -0.05) is 20.8 Å². The van der Waals surface area contributed by atoms with Crippen LogP contribution in [0.1, 0.15) is 32.8 Å². The van der Waals surface area contributed by atoms with E-state index in [1.807, 2.05) is 20.8 Å². The summed E-state index contributed by atoms with van der Waals surface area (Å²) in [5.41, 5.74) is -1.03. The molecule has 5 heteroatoms. The fourth-order valence-electron chi connectivity index (χ4n) is 1.35. The first kappa shape index (κ1) is 12.5. The van der Waals surface area contributed by atoms with E-state index in [2.05, 4.69) is 4.98 Å². The van der Waals surface area contributed by atoms with Crippen molar-refractivity contribution in [1.82, 2.24) is 9.55 Å². The highest BCUT2D eigenvalue weighted by atomic mass is 16.3. The van der Waals surface area contributed by atoms with E-state index in [0.29, 0.717) is 6.54 Å². The Morgan fingerprint density at radius 3 is 2.44 bits per heavy atom. The largest absolute Gasteiger partial charge is 0.494 e. The van der Waals surface area contributed by atoms with Gasteiger partial charge in [0.15, 0.2) is 0 Å². The number of rotatable bonds is 3. The van der Waals surface area contributed by atoms with Crippen LogP contribution in [0.4, 0.5) is 0 Å². The minimum absolute atomic E-state index is 0.105. The second-order valence-electron chi connectivity index (χ2n) is 4.81. The third-order valence-electron chi connectivity index (χ3n) is 2.94. The number of H-pyrrole nitrogens is 1. The zero-order chi connectivity index (χ0) is 12.5. The second kappa shape index (κ2) is 4.15. The van der Waals surface area contributed by atoms with Crippen molar-refractivity contribution in [2.75, 3.05) is 0 Å². The van der Waals surface area contributed by atoms with E-state index >= 15 is 0 Å². The van der Waals surface area contributed by atoms with E-state index in [1.165, 1.54) is 11.5 Å². The fourth-order valence-corrected chi connectivity index (χ4v) is 1.35. The summed E-state index contributed by atoms with van der Waals surface area (Å²) in [6.07, 6.45) is 0.872. The Morgan fingerprint density at radius 1 is 1.38 bits per heavy atom. The molecule has 0 bridgehead atoms. The lowest BCUT2D eigenvalue weighted by molar-refractivity contribution is 0.265. The average Bonchev–Trinajstić information content (AvgIpc) is 2.21. The van der Waals surface area contributed by atoms with Gasteiger partial charge in [0.2, 0.25) is 5.88 Å². The van der Waals surface area contributed by atoms with Gasteiger partial charge in [-0.2, -0.15) is 0 Å². The summed E-state index contributed by atoms with van der Waals surface area (Å²) in [7, 11) is 0. The van der Waals surface area contributed by atoms with Crippen LogP contribution in [0.3, 0.4) is 0 Å². The molecule has 0 spiro atoms. The van der Waals surface area contributed by atoms with Gasteiger partial charge in [0, 0.05) is 6.54 Å². The van der Waals surface area contributed by atoms with Gasteiger partial charge >= 0.3 is 5.69 Å². The third kappa shape index (κ3) is 2.35. The van der Waals surface area contributed by atoms with Crippen LogP contribution >= 0.6 is 0 Å². The van der Waals surface area contributed by atoms with Gasteiger partial charge in [0.25, 0.3) is 5.56 Å². The SMILES string of the molecule is CCC(C)(C)Cn1c(O)c(C)c(=O)[nH]c1=O. The van der Waals surface area contributed by atoms with E-state index < -0.39 is 11.2 Å². The molecule has 1 heterocycles. The molecule has 2 N–H and O–H groups in total. The minimum Gasteiger partial charge on any atom is -0.494 e. The Labute approximate surface area is 93.8 Å². The molecule has 0 amide bonds. The van der Waals surface area contributed by atoms with Crippen LogP contribution in [0.25, 0.3) is 0 Å². The van der Waals surface area contributed by atoms with Crippen LogP contribution < -0.4 is 11.2 Å². The van der Waals surface area contributed by atoms with Crippen LogP contribution in [0.15, 0.2) is 9.59 Å². The first-order chi connectivity index (χ1) is 7.28. The second-order valence-corrected chi connectivity index (χ2v) is 4.81. The molecule has 1 aromatic heterocycles. The Hall–Kier alpha value is -1.52. The number of nitrogens with zero attached hydrogens (tertiary/aromatic N) is 1. The molecule has 0 radical (unpaired) electrons. The highest BCUT2D eigenvalue weighted by Crippen LogP contribution is 2.23. The van der Waals surface area contributed by atoms with Gasteiger partial charge in [-0.15, -0.1) is 0 Å². The molecule has 1 aromatic rings. The summed E-state index contributed by atoms with van der Waals surface area (Å²) in [6.45, 7) is 7.88. The zero-order valence-corrected chi connectivity index (χ0v) is 10.1.